The van der Waals surface area contributed by atoms with Crippen LogP contribution in [0.25, 0.3) is 0 Å². The molecular formula is C26H32F2N6. The summed E-state index contributed by atoms with van der Waals surface area (Å²) in [5.41, 5.74) is 1.65. The molecule has 4 heterocycles. The second kappa shape index (κ2) is 9.83. The smallest absolute Gasteiger partial charge is 0.265 e. The quantitative estimate of drug-likeness (QED) is 0.632. The molecule has 2 saturated heterocycles. The minimum Gasteiger partial charge on any atom is -0.351 e. The normalized spacial score (nSPS) is 22.0. The van der Waals surface area contributed by atoms with Gasteiger partial charge in [-0.05, 0) is 80.9 Å². The first-order valence-electron chi connectivity index (χ1n) is 12.5. The molecule has 6 nitrogen and oxygen atoms in total. The zero-order chi connectivity index (χ0) is 23.5. The fourth-order valence-electron chi connectivity index (χ4n) is 5.73. The Balaban J connectivity index is 1.39. The lowest BCUT2D eigenvalue weighted by Crippen LogP contribution is -2.43. The third-order valence-corrected chi connectivity index (χ3v) is 7.54. The molecule has 2 aliphatic heterocycles. The molecule has 1 saturated carbocycles. The fourth-order valence-corrected chi connectivity index (χ4v) is 5.73. The van der Waals surface area contributed by atoms with Gasteiger partial charge >= 0.3 is 0 Å². The third-order valence-electron chi connectivity index (χ3n) is 7.54. The van der Waals surface area contributed by atoms with Gasteiger partial charge in [0.1, 0.15) is 17.5 Å². The molecule has 3 aliphatic rings. The van der Waals surface area contributed by atoms with Gasteiger partial charge in [0.25, 0.3) is 5.92 Å². The van der Waals surface area contributed by atoms with Gasteiger partial charge in [0, 0.05) is 25.2 Å². The second-order valence-corrected chi connectivity index (χ2v) is 9.94. The number of halogens is 2. The highest BCUT2D eigenvalue weighted by atomic mass is 19.3. The highest BCUT2D eigenvalue weighted by molar-refractivity contribution is 5.59. The number of alkyl halides is 2. The molecule has 0 atom stereocenters. The van der Waals surface area contributed by atoms with Crippen LogP contribution < -0.4 is 10.2 Å². The number of rotatable bonds is 5. The van der Waals surface area contributed by atoms with Crippen LogP contribution in [0.3, 0.4) is 0 Å². The first-order chi connectivity index (χ1) is 16.5. The molecule has 0 bridgehead atoms. The largest absolute Gasteiger partial charge is 0.351 e. The van der Waals surface area contributed by atoms with Crippen LogP contribution >= 0.6 is 0 Å². The Kier molecular flexibility index (Phi) is 6.64. The summed E-state index contributed by atoms with van der Waals surface area (Å²) in [4.78, 5) is 13.4. The number of nitrogens with one attached hydrogen (secondary N) is 1. The van der Waals surface area contributed by atoms with E-state index >= 15 is 0 Å². The van der Waals surface area contributed by atoms with E-state index in [2.05, 4.69) is 21.3 Å². The molecule has 1 N–H and O–H groups in total. The summed E-state index contributed by atoms with van der Waals surface area (Å²) in [5.74, 6) is -0.617. The Morgan fingerprint density at radius 3 is 2.53 bits per heavy atom. The van der Waals surface area contributed by atoms with Crippen LogP contribution in [0.1, 0.15) is 68.4 Å². The zero-order valence-electron chi connectivity index (χ0n) is 19.5. The summed E-state index contributed by atoms with van der Waals surface area (Å²) >= 11 is 0. The van der Waals surface area contributed by atoms with Crippen LogP contribution in [-0.4, -0.2) is 53.0 Å². The number of anilines is 3. The molecule has 34 heavy (non-hydrogen) atoms. The van der Waals surface area contributed by atoms with E-state index in [1.807, 2.05) is 12.1 Å². The van der Waals surface area contributed by atoms with E-state index < -0.39 is 5.92 Å². The van der Waals surface area contributed by atoms with E-state index in [9.17, 15) is 14.0 Å². The third kappa shape index (κ3) is 5.30. The minimum absolute atomic E-state index is 0.0706. The first-order valence-corrected chi connectivity index (χ1v) is 12.5. The number of nitriles is 1. The molecule has 1 aliphatic carbocycles. The molecule has 0 amide bonds. The number of aromatic nitrogens is 2. The average Bonchev–Trinajstić information content (AvgIpc) is 3.39. The van der Waals surface area contributed by atoms with Gasteiger partial charge in [0.15, 0.2) is 0 Å². The van der Waals surface area contributed by atoms with Gasteiger partial charge in [-0.3, -0.25) is 0 Å². The zero-order valence-corrected chi connectivity index (χ0v) is 19.5. The molecule has 0 unspecified atom stereocenters. The van der Waals surface area contributed by atoms with Gasteiger partial charge in [-0.2, -0.15) is 5.26 Å². The lowest BCUT2D eigenvalue weighted by Gasteiger charge is -2.37. The summed E-state index contributed by atoms with van der Waals surface area (Å²) in [6.07, 6.45) is 9.41. The van der Waals surface area contributed by atoms with Crippen molar-refractivity contribution < 1.29 is 8.78 Å². The van der Waals surface area contributed by atoms with Crippen molar-refractivity contribution in [3.05, 3.63) is 41.6 Å². The van der Waals surface area contributed by atoms with Crippen molar-refractivity contribution in [2.75, 3.05) is 36.4 Å². The van der Waals surface area contributed by atoms with Crippen LogP contribution in [0, 0.1) is 11.3 Å². The van der Waals surface area contributed by atoms with Crippen LogP contribution in [0.2, 0.25) is 0 Å². The molecule has 0 spiro atoms. The number of hydrogen-bond acceptors (Lipinski definition) is 6. The summed E-state index contributed by atoms with van der Waals surface area (Å²) in [6, 6.07) is 10.2. The van der Waals surface area contributed by atoms with Crippen molar-refractivity contribution in [3.8, 4) is 6.07 Å². The number of nitrogens with zero attached hydrogens (tertiary/aromatic N) is 5. The Morgan fingerprint density at radius 1 is 1.00 bits per heavy atom. The summed E-state index contributed by atoms with van der Waals surface area (Å²) in [6.45, 7) is 2.45. The maximum atomic E-state index is 14.2. The highest BCUT2D eigenvalue weighted by Gasteiger charge is 2.36. The Labute approximate surface area is 200 Å². The maximum Gasteiger partial charge on any atom is 0.265 e. The number of hydrogen-bond donors (Lipinski definition) is 1. The Morgan fingerprint density at radius 2 is 1.79 bits per heavy atom. The number of likely N-dealkylation sites (tertiary alicyclic amines) is 1. The fraction of sp³-hybridized carbons (Fsp3) is 0.577. The summed E-state index contributed by atoms with van der Waals surface area (Å²) < 4.78 is 28.4. The van der Waals surface area contributed by atoms with Crippen molar-refractivity contribution in [3.63, 3.8) is 0 Å². The number of pyridine rings is 2. The minimum atomic E-state index is -2.70. The standard InChI is InChI=1S/C26H32F2N6/c27-26(28)9-3-11-34(18-26)25-16-21(20-7-12-33(13-8-20)22-4-1-2-5-22)15-24(32-25)31-23-14-19(17-29)6-10-30-23/h6,10,14-16,20,22H,1-5,7-9,11-13,18H2,(H,30,31,32). The average molecular weight is 467 g/mol. The van der Waals surface area contributed by atoms with Crippen LogP contribution in [0.15, 0.2) is 30.5 Å². The van der Waals surface area contributed by atoms with Gasteiger partial charge in [-0.25, -0.2) is 18.7 Å². The van der Waals surface area contributed by atoms with E-state index in [1.54, 1.807) is 23.2 Å². The van der Waals surface area contributed by atoms with Crippen LogP contribution in [-0.2, 0) is 0 Å². The van der Waals surface area contributed by atoms with Gasteiger partial charge in [-0.15, -0.1) is 0 Å². The van der Waals surface area contributed by atoms with E-state index in [1.165, 1.54) is 25.7 Å². The Bertz CT molecular complexity index is 1040. The molecular weight excluding hydrogens is 434 g/mol. The number of piperidine rings is 2. The van der Waals surface area contributed by atoms with Crippen molar-refractivity contribution in [1.29, 1.82) is 5.26 Å². The second-order valence-electron chi connectivity index (χ2n) is 9.94. The summed E-state index contributed by atoms with van der Waals surface area (Å²) in [7, 11) is 0. The predicted molar refractivity (Wildman–Crippen MR) is 129 cm³/mol. The maximum absolute atomic E-state index is 14.2. The molecule has 2 aromatic rings. The van der Waals surface area contributed by atoms with E-state index in [4.69, 9.17) is 4.98 Å². The predicted octanol–water partition coefficient (Wildman–Crippen LogP) is 5.45. The van der Waals surface area contributed by atoms with Crippen molar-refractivity contribution in [2.24, 2.45) is 0 Å². The highest BCUT2D eigenvalue weighted by Crippen LogP contribution is 2.36. The van der Waals surface area contributed by atoms with Gasteiger partial charge in [-0.1, -0.05) is 12.8 Å². The van der Waals surface area contributed by atoms with E-state index in [0.29, 0.717) is 41.9 Å². The monoisotopic (exact) mass is 466 g/mol. The van der Waals surface area contributed by atoms with Gasteiger partial charge in [0.2, 0.25) is 0 Å². The van der Waals surface area contributed by atoms with E-state index in [0.717, 1.165) is 37.5 Å². The molecule has 0 aromatic carbocycles. The molecule has 5 rings (SSSR count). The lowest BCUT2D eigenvalue weighted by molar-refractivity contribution is -0.0118. The topological polar surface area (TPSA) is 68.1 Å². The van der Waals surface area contributed by atoms with Crippen molar-refractivity contribution >= 4 is 17.5 Å². The van der Waals surface area contributed by atoms with Crippen molar-refractivity contribution in [2.45, 2.75) is 69.2 Å². The Hall–Kier alpha value is -2.79. The summed E-state index contributed by atoms with van der Waals surface area (Å²) in [5, 5.41) is 12.4. The lowest BCUT2D eigenvalue weighted by atomic mass is 9.89. The van der Waals surface area contributed by atoms with Gasteiger partial charge in [0.05, 0.1) is 18.2 Å². The van der Waals surface area contributed by atoms with Gasteiger partial charge < -0.3 is 15.1 Å². The molecule has 8 heteroatoms. The van der Waals surface area contributed by atoms with E-state index in [-0.39, 0.29) is 13.0 Å². The first kappa shape index (κ1) is 23.0. The van der Waals surface area contributed by atoms with Crippen molar-refractivity contribution in [1.82, 2.24) is 14.9 Å². The SMILES string of the molecule is N#Cc1ccnc(Nc2cc(C3CCN(C4CCCC4)CC3)cc(N3CCCC(F)(F)C3)n2)c1. The van der Waals surface area contributed by atoms with Crippen LogP contribution in [0.5, 0.6) is 0 Å². The molecule has 3 fully saturated rings. The molecule has 180 valence electrons. The molecule has 2 aromatic heterocycles. The van der Waals surface area contributed by atoms with Crippen LogP contribution in [0.4, 0.5) is 26.2 Å². The molecule has 0 radical (unpaired) electrons.